The van der Waals surface area contributed by atoms with Crippen molar-refractivity contribution in [2.45, 2.75) is 6.04 Å². The molecule has 1 aliphatic heterocycles. The molecule has 0 aliphatic carbocycles. The van der Waals surface area contributed by atoms with E-state index in [4.69, 9.17) is 0 Å². The molecule has 0 radical (unpaired) electrons. The average molecular weight is 253 g/mol. The van der Waals surface area contributed by atoms with Gasteiger partial charge in [0.2, 0.25) is 5.91 Å². The number of nitrogens with one attached hydrogen (secondary N) is 1. The Morgan fingerprint density at radius 3 is 2.71 bits per heavy atom. The van der Waals surface area contributed by atoms with E-state index in [1.807, 2.05) is 35.3 Å². The number of nitrogens with zero attached hydrogens (tertiary/aromatic N) is 2. The lowest BCUT2D eigenvalue weighted by molar-refractivity contribution is -0.136. The van der Waals surface area contributed by atoms with Gasteiger partial charge in [-0.05, 0) is 36.5 Å². The zero-order valence-corrected chi connectivity index (χ0v) is 11.2. The number of piperazine rings is 1. The molecule has 1 aromatic rings. The Morgan fingerprint density at radius 1 is 1.47 bits per heavy atom. The third-order valence-corrected chi connectivity index (χ3v) is 3.74. The first-order valence-corrected chi connectivity index (χ1v) is 6.82. The van der Waals surface area contributed by atoms with Gasteiger partial charge in [0.25, 0.3) is 0 Å². The lowest BCUT2D eigenvalue weighted by atomic mass is 10.1. The first-order valence-electron chi connectivity index (χ1n) is 5.88. The van der Waals surface area contributed by atoms with E-state index in [2.05, 4.69) is 10.7 Å². The van der Waals surface area contributed by atoms with Gasteiger partial charge in [0.1, 0.15) is 6.04 Å². The predicted molar refractivity (Wildman–Crippen MR) is 70.2 cm³/mol. The molecule has 1 unspecified atom stereocenters. The number of hydrogen-bond donors (Lipinski definition) is 1. The van der Waals surface area contributed by atoms with Gasteiger partial charge in [0.15, 0.2) is 0 Å². The maximum atomic E-state index is 12.5. The molecule has 17 heavy (non-hydrogen) atoms. The largest absolute Gasteiger partial charge is 0.338 e. The lowest BCUT2D eigenvalue weighted by Crippen LogP contribution is -2.49. The van der Waals surface area contributed by atoms with Crippen LogP contribution in [0.4, 0.5) is 0 Å². The van der Waals surface area contributed by atoms with Crippen LogP contribution in [-0.4, -0.2) is 56.0 Å². The first-order chi connectivity index (χ1) is 8.20. The Balaban J connectivity index is 2.13. The molecule has 0 spiro atoms. The predicted octanol–water partition coefficient (Wildman–Crippen LogP) is 0.783. The molecule has 4 nitrogen and oxygen atoms in total. The van der Waals surface area contributed by atoms with E-state index in [-0.39, 0.29) is 11.9 Å². The van der Waals surface area contributed by atoms with Crippen molar-refractivity contribution in [3.05, 3.63) is 22.4 Å². The Bertz CT molecular complexity index is 358. The summed E-state index contributed by atoms with van der Waals surface area (Å²) in [6, 6.07) is 1.90. The van der Waals surface area contributed by atoms with Crippen LogP contribution in [0.25, 0.3) is 0 Å². The Hall–Kier alpha value is -0.910. The van der Waals surface area contributed by atoms with E-state index >= 15 is 0 Å². The molecule has 2 rings (SSSR count). The van der Waals surface area contributed by atoms with Gasteiger partial charge in [-0.3, -0.25) is 9.69 Å². The molecule has 1 amide bonds. The number of hydrogen-bond acceptors (Lipinski definition) is 4. The monoisotopic (exact) mass is 253 g/mol. The highest BCUT2D eigenvalue weighted by atomic mass is 32.1. The summed E-state index contributed by atoms with van der Waals surface area (Å²) in [6.07, 6.45) is 0. The molecule has 94 valence electrons. The lowest BCUT2D eigenvalue weighted by Gasteiger charge is -2.33. The number of rotatable bonds is 3. The molecule has 0 bridgehead atoms. The van der Waals surface area contributed by atoms with Crippen molar-refractivity contribution in [1.29, 1.82) is 0 Å². The summed E-state index contributed by atoms with van der Waals surface area (Å²) < 4.78 is 0. The van der Waals surface area contributed by atoms with Crippen molar-refractivity contribution in [3.63, 3.8) is 0 Å². The van der Waals surface area contributed by atoms with Crippen molar-refractivity contribution in [2.75, 3.05) is 40.3 Å². The van der Waals surface area contributed by atoms with Gasteiger partial charge in [-0.2, -0.15) is 11.3 Å². The molecule has 1 aliphatic rings. The van der Waals surface area contributed by atoms with Crippen molar-refractivity contribution >= 4 is 17.2 Å². The fourth-order valence-corrected chi connectivity index (χ4v) is 2.83. The van der Waals surface area contributed by atoms with Crippen LogP contribution in [0.5, 0.6) is 0 Å². The van der Waals surface area contributed by atoms with Gasteiger partial charge in [-0.15, -0.1) is 0 Å². The van der Waals surface area contributed by atoms with Crippen LogP contribution < -0.4 is 5.32 Å². The molecular formula is C12H19N3OS. The van der Waals surface area contributed by atoms with Crippen LogP contribution >= 0.6 is 11.3 Å². The van der Waals surface area contributed by atoms with E-state index in [0.717, 1.165) is 31.7 Å². The molecule has 5 heteroatoms. The number of likely N-dealkylation sites (N-methyl/N-ethyl adjacent to an activating group) is 1. The van der Waals surface area contributed by atoms with Crippen LogP contribution in [0.1, 0.15) is 11.6 Å². The van der Waals surface area contributed by atoms with Gasteiger partial charge >= 0.3 is 0 Å². The van der Waals surface area contributed by atoms with Gasteiger partial charge in [0.05, 0.1) is 0 Å². The van der Waals surface area contributed by atoms with E-state index in [0.29, 0.717) is 0 Å². The zero-order chi connectivity index (χ0) is 12.3. The Labute approximate surface area is 106 Å². The highest BCUT2D eigenvalue weighted by Gasteiger charge is 2.28. The first kappa shape index (κ1) is 12.5. The van der Waals surface area contributed by atoms with E-state index in [1.165, 1.54) is 0 Å². The summed E-state index contributed by atoms with van der Waals surface area (Å²) in [5.41, 5.74) is 1.10. The van der Waals surface area contributed by atoms with E-state index in [1.54, 1.807) is 11.3 Å². The molecule has 1 atom stereocenters. The van der Waals surface area contributed by atoms with Crippen molar-refractivity contribution < 1.29 is 4.79 Å². The van der Waals surface area contributed by atoms with Crippen LogP contribution in [-0.2, 0) is 4.79 Å². The number of carbonyl (C=O) groups is 1. The quantitative estimate of drug-likeness (QED) is 0.865. The van der Waals surface area contributed by atoms with Gasteiger partial charge in [0, 0.05) is 26.2 Å². The summed E-state index contributed by atoms with van der Waals surface area (Å²) >= 11 is 1.64. The molecule has 1 N–H and O–H groups in total. The van der Waals surface area contributed by atoms with Crippen molar-refractivity contribution in [2.24, 2.45) is 0 Å². The number of amides is 1. The van der Waals surface area contributed by atoms with E-state index in [9.17, 15) is 4.79 Å². The van der Waals surface area contributed by atoms with Gasteiger partial charge in [-0.1, -0.05) is 0 Å². The molecule has 1 aromatic heterocycles. The average Bonchev–Trinajstić information content (AvgIpc) is 2.83. The van der Waals surface area contributed by atoms with Crippen molar-refractivity contribution in [1.82, 2.24) is 15.1 Å². The number of carbonyl (C=O) groups excluding carboxylic acids is 1. The fourth-order valence-electron chi connectivity index (χ4n) is 2.15. The van der Waals surface area contributed by atoms with E-state index < -0.39 is 0 Å². The van der Waals surface area contributed by atoms with Crippen LogP contribution in [0.2, 0.25) is 0 Å². The van der Waals surface area contributed by atoms with Gasteiger partial charge in [-0.25, -0.2) is 0 Å². The van der Waals surface area contributed by atoms with Crippen LogP contribution in [0.15, 0.2) is 16.8 Å². The van der Waals surface area contributed by atoms with Crippen molar-refractivity contribution in [3.8, 4) is 0 Å². The number of thiophene rings is 1. The second kappa shape index (κ2) is 5.62. The standard InChI is InChI=1S/C12H19N3OS/c1-14(2)11(10-3-8-17-9-10)12(16)15-6-4-13-5-7-15/h3,8-9,11,13H,4-7H2,1-2H3. The molecule has 1 fully saturated rings. The normalized spacial score (nSPS) is 18.4. The topological polar surface area (TPSA) is 35.6 Å². The molecular weight excluding hydrogens is 234 g/mol. The Morgan fingerprint density at radius 2 is 2.18 bits per heavy atom. The minimum atomic E-state index is -0.139. The summed E-state index contributed by atoms with van der Waals surface area (Å²) in [4.78, 5) is 16.4. The van der Waals surface area contributed by atoms with Crippen LogP contribution in [0.3, 0.4) is 0 Å². The molecule has 2 heterocycles. The second-order valence-electron chi connectivity index (χ2n) is 4.50. The summed E-state index contributed by atoms with van der Waals surface area (Å²) in [6.45, 7) is 3.42. The second-order valence-corrected chi connectivity index (χ2v) is 5.28. The summed E-state index contributed by atoms with van der Waals surface area (Å²) in [5, 5.41) is 7.35. The molecule has 0 saturated carbocycles. The SMILES string of the molecule is CN(C)C(C(=O)N1CCNCC1)c1ccsc1. The minimum absolute atomic E-state index is 0.139. The highest BCUT2D eigenvalue weighted by Crippen LogP contribution is 2.23. The zero-order valence-electron chi connectivity index (χ0n) is 10.3. The maximum Gasteiger partial charge on any atom is 0.244 e. The summed E-state index contributed by atoms with van der Waals surface area (Å²) in [7, 11) is 3.92. The summed E-state index contributed by atoms with van der Waals surface area (Å²) in [5.74, 6) is 0.218. The molecule has 0 aromatic carbocycles. The smallest absolute Gasteiger partial charge is 0.244 e. The third kappa shape index (κ3) is 2.86. The van der Waals surface area contributed by atoms with Crippen LogP contribution in [0, 0.1) is 0 Å². The fraction of sp³-hybridized carbons (Fsp3) is 0.583. The third-order valence-electron chi connectivity index (χ3n) is 3.04. The Kier molecular flexibility index (Phi) is 4.15. The van der Waals surface area contributed by atoms with Gasteiger partial charge < -0.3 is 10.2 Å². The minimum Gasteiger partial charge on any atom is -0.338 e. The maximum absolute atomic E-state index is 12.5. The highest BCUT2D eigenvalue weighted by molar-refractivity contribution is 7.08. The molecule has 1 saturated heterocycles.